The summed E-state index contributed by atoms with van der Waals surface area (Å²) in [7, 11) is 0. The van der Waals surface area contributed by atoms with E-state index in [1.54, 1.807) is 12.1 Å². The molecule has 0 amide bonds. The average molecular weight is 208 g/mol. The van der Waals surface area contributed by atoms with Gasteiger partial charge in [-0.3, -0.25) is 0 Å². The van der Waals surface area contributed by atoms with Crippen LogP contribution in [0.2, 0.25) is 0 Å². The minimum Gasteiger partial charge on any atom is -0.355 e. The second-order valence-corrected chi connectivity index (χ2v) is 1.94. The zero-order valence-electron chi connectivity index (χ0n) is 5.79. The van der Waals surface area contributed by atoms with E-state index in [4.69, 9.17) is 0 Å². The number of aryl methyl sites for hydroxylation is 1. The molecule has 0 fully saturated rings. The predicted molar refractivity (Wildman–Crippen MR) is 35.4 cm³/mol. The Bertz CT molecular complexity index is 220. The number of aldehydes is 1. The topological polar surface area (TPSA) is 17.1 Å². The Morgan fingerprint density at radius 1 is 1.60 bits per heavy atom. The van der Waals surface area contributed by atoms with Crippen LogP contribution in [0.25, 0.3) is 0 Å². The average Bonchev–Trinajstić information content (AvgIpc) is 1.88. The maximum atomic E-state index is 10.1. The van der Waals surface area contributed by atoms with Crippen LogP contribution in [0.5, 0.6) is 0 Å². The van der Waals surface area contributed by atoms with Crippen molar-refractivity contribution in [3.8, 4) is 0 Å². The largest absolute Gasteiger partial charge is 3.00 e. The van der Waals surface area contributed by atoms with Gasteiger partial charge in [-0.2, -0.15) is 0 Å². The number of benzene rings is 1. The van der Waals surface area contributed by atoms with E-state index in [0.717, 1.165) is 11.8 Å². The van der Waals surface area contributed by atoms with Crippen LogP contribution in [-0.2, 0) is 32.7 Å². The van der Waals surface area contributed by atoms with Crippen LogP contribution in [0.15, 0.2) is 18.2 Å². The monoisotopic (exact) mass is 208 g/mol. The van der Waals surface area contributed by atoms with Crippen LogP contribution in [0.1, 0.15) is 15.9 Å². The van der Waals surface area contributed by atoms with E-state index in [1.165, 1.54) is 0 Å². The summed E-state index contributed by atoms with van der Waals surface area (Å²) in [6, 6.07) is 8.25. The second kappa shape index (κ2) is 4.76. The number of hydrogen-bond acceptors (Lipinski definition) is 1. The first-order chi connectivity index (χ1) is 4.33. The van der Waals surface area contributed by atoms with Gasteiger partial charge in [0, 0.05) is 0 Å². The van der Waals surface area contributed by atoms with Crippen LogP contribution in [0.3, 0.4) is 0 Å². The first-order valence-electron chi connectivity index (χ1n) is 2.76. The van der Waals surface area contributed by atoms with E-state index >= 15 is 0 Å². The molecule has 2 heteroatoms. The summed E-state index contributed by atoms with van der Waals surface area (Å²) in [4.78, 5) is 10.1. The molecule has 0 saturated heterocycles. The Balaban J connectivity index is 0.000000810. The van der Waals surface area contributed by atoms with Gasteiger partial charge in [0.1, 0.15) is 0 Å². The van der Waals surface area contributed by atoms with E-state index < -0.39 is 0 Å². The van der Waals surface area contributed by atoms with Gasteiger partial charge in [-0.15, -0.1) is 35.4 Å². The fraction of sp³-hybridized carbons (Fsp3) is 0.125. The molecule has 0 N–H and O–H groups in total. The quantitative estimate of drug-likeness (QED) is 0.506. The molecule has 0 aliphatic heterocycles. The van der Waals surface area contributed by atoms with E-state index in [-0.39, 0.29) is 32.7 Å². The van der Waals surface area contributed by atoms with Gasteiger partial charge in [-0.1, -0.05) is 6.92 Å². The van der Waals surface area contributed by atoms with Gasteiger partial charge >= 0.3 is 32.7 Å². The van der Waals surface area contributed by atoms with Crippen LogP contribution in [0.4, 0.5) is 0 Å². The van der Waals surface area contributed by atoms with Crippen molar-refractivity contribution in [3.05, 3.63) is 35.4 Å². The third-order valence-electron chi connectivity index (χ3n) is 1.11. The molecule has 0 aliphatic carbocycles. The Morgan fingerprint density at radius 3 is 2.70 bits per heavy atom. The summed E-state index contributed by atoms with van der Waals surface area (Å²) < 4.78 is 0. The van der Waals surface area contributed by atoms with Crippen molar-refractivity contribution in [1.29, 1.82) is 0 Å². The van der Waals surface area contributed by atoms with Gasteiger partial charge in [0.15, 0.2) is 0 Å². The first kappa shape index (κ1) is 9.99. The molecule has 0 bridgehead atoms. The van der Waals surface area contributed by atoms with E-state index in [9.17, 15) is 4.79 Å². The fourth-order valence-electron chi connectivity index (χ4n) is 0.672. The Kier molecular flexibility index (Phi) is 4.75. The van der Waals surface area contributed by atoms with Crippen molar-refractivity contribution in [3.63, 3.8) is 0 Å². The number of carbonyl (C=O) groups is 1. The van der Waals surface area contributed by atoms with Gasteiger partial charge < -0.3 is 4.79 Å². The van der Waals surface area contributed by atoms with Crippen molar-refractivity contribution < 1.29 is 37.5 Å². The SMILES string of the molecule is Cc1cc[c-]c(C=O)c1.[Y+3]. The first-order valence-corrected chi connectivity index (χ1v) is 2.76. The second-order valence-electron chi connectivity index (χ2n) is 1.94. The zero-order chi connectivity index (χ0) is 6.69. The molecule has 1 rings (SSSR count). The van der Waals surface area contributed by atoms with Crippen molar-refractivity contribution in [2.75, 3.05) is 0 Å². The third-order valence-corrected chi connectivity index (χ3v) is 1.11. The molecular weight excluding hydrogens is 201 g/mol. The number of rotatable bonds is 1. The van der Waals surface area contributed by atoms with Crippen molar-refractivity contribution in [1.82, 2.24) is 0 Å². The maximum Gasteiger partial charge on any atom is 3.00 e. The molecule has 1 nitrogen and oxygen atoms in total. The standard InChI is InChI=1S/C8H7O.Y/c1-7-3-2-4-8(5-7)6-9;/h2-3,5-6H,1H3;/q-1;+3. The Labute approximate surface area is 85.7 Å². The van der Waals surface area contributed by atoms with Crippen molar-refractivity contribution >= 4 is 6.29 Å². The molecule has 10 heavy (non-hydrogen) atoms. The zero-order valence-corrected chi connectivity index (χ0v) is 8.63. The summed E-state index contributed by atoms with van der Waals surface area (Å²) in [5.74, 6) is 0. The summed E-state index contributed by atoms with van der Waals surface area (Å²) in [5.41, 5.74) is 1.71. The number of hydrogen-bond donors (Lipinski definition) is 0. The summed E-state index contributed by atoms with van der Waals surface area (Å²) in [6.07, 6.45) is 0.799. The molecule has 0 aliphatic rings. The molecular formula is C8H7OY+2. The maximum absolute atomic E-state index is 10.1. The molecule has 0 unspecified atom stereocenters. The van der Waals surface area contributed by atoms with Gasteiger partial charge in [-0.05, 0) is 0 Å². The minimum atomic E-state index is 0. The smallest absolute Gasteiger partial charge is 0.355 e. The van der Waals surface area contributed by atoms with E-state index in [1.807, 2.05) is 13.0 Å². The van der Waals surface area contributed by atoms with Crippen LogP contribution >= 0.6 is 0 Å². The molecule has 0 radical (unpaired) electrons. The Morgan fingerprint density at radius 2 is 2.30 bits per heavy atom. The molecule has 1 aromatic rings. The van der Waals surface area contributed by atoms with Gasteiger partial charge in [0.25, 0.3) is 0 Å². The predicted octanol–water partition coefficient (Wildman–Crippen LogP) is 1.61. The van der Waals surface area contributed by atoms with Crippen molar-refractivity contribution in [2.45, 2.75) is 6.92 Å². The molecule has 1 aromatic carbocycles. The van der Waals surface area contributed by atoms with Crippen LogP contribution in [-0.4, -0.2) is 6.29 Å². The normalized spacial score (nSPS) is 8.10. The van der Waals surface area contributed by atoms with Crippen LogP contribution < -0.4 is 0 Å². The van der Waals surface area contributed by atoms with E-state index in [0.29, 0.717) is 5.56 Å². The summed E-state index contributed by atoms with van der Waals surface area (Å²) >= 11 is 0. The van der Waals surface area contributed by atoms with Gasteiger partial charge in [0.05, 0.1) is 6.29 Å². The van der Waals surface area contributed by atoms with Crippen LogP contribution in [0, 0.1) is 13.0 Å². The Hall–Kier alpha value is -0.00610. The molecule has 46 valence electrons. The van der Waals surface area contributed by atoms with Gasteiger partial charge in [0.2, 0.25) is 0 Å². The molecule has 0 atom stereocenters. The van der Waals surface area contributed by atoms with Gasteiger partial charge in [-0.25, -0.2) is 0 Å². The fourth-order valence-corrected chi connectivity index (χ4v) is 0.672. The molecule has 0 spiro atoms. The summed E-state index contributed by atoms with van der Waals surface area (Å²) in [5, 5.41) is 0. The van der Waals surface area contributed by atoms with E-state index in [2.05, 4.69) is 6.07 Å². The number of carbonyl (C=O) groups excluding carboxylic acids is 1. The third kappa shape index (κ3) is 2.72. The summed E-state index contributed by atoms with van der Waals surface area (Å²) in [6.45, 7) is 1.95. The molecule has 0 heterocycles. The minimum absolute atomic E-state index is 0. The molecule has 0 aromatic heterocycles. The van der Waals surface area contributed by atoms with Crippen molar-refractivity contribution in [2.24, 2.45) is 0 Å². The molecule has 0 saturated carbocycles.